The summed E-state index contributed by atoms with van der Waals surface area (Å²) in [7, 11) is 0. The van der Waals surface area contributed by atoms with E-state index in [4.69, 9.17) is 0 Å². The van der Waals surface area contributed by atoms with Crippen molar-refractivity contribution < 1.29 is 5.11 Å². The minimum Gasteiger partial charge on any atom is -0.390 e. The van der Waals surface area contributed by atoms with Crippen molar-refractivity contribution >= 4 is 0 Å². The van der Waals surface area contributed by atoms with Crippen LogP contribution in [-0.4, -0.2) is 10.7 Å². The average molecular weight is 178 g/mol. The summed E-state index contributed by atoms with van der Waals surface area (Å²) in [5, 5.41) is 9.75. The van der Waals surface area contributed by atoms with Crippen LogP contribution in [0.4, 0.5) is 0 Å². The van der Waals surface area contributed by atoms with Crippen molar-refractivity contribution in [3.05, 3.63) is 35.9 Å². The number of hydrogen-bond donors (Lipinski definition) is 1. The third-order valence-electron chi connectivity index (χ3n) is 2.59. The predicted molar refractivity (Wildman–Crippen MR) is 55.6 cm³/mol. The molecule has 0 heterocycles. The molecule has 1 heteroatoms. The van der Waals surface area contributed by atoms with Gasteiger partial charge in [-0.1, -0.05) is 37.3 Å². The zero-order valence-electron chi connectivity index (χ0n) is 8.62. The minimum absolute atomic E-state index is 0.287. The van der Waals surface area contributed by atoms with Crippen LogP contribution in [-0.2, 0) is 6.42 Å². The van der Waals surface area contributed by atoms with E-state index in [1.807, 2.05) is 32.0 Å². The standard InChI is InChI=1S/C12H18O/c1-10(12(2,3)13)9-11-7-5-4-6-8-11/h4-8,10,13H,9H2,1-3H3/t10-/m0/s1. The van der Waals surface area contributed by atoms with Gasteiger partial charge in [0.05, 0.1) is 5.60 Å². The van der Waals surface area contributed by atoms with Gasteiger partial charge in [-0.15, -0.1) is 0 Å². The molecule has 72 valence electrons. The Bertz CT molecular complexity index is 246. The normalized spacial score (nSPS) is 14.2. The van der Waals surface area contributed by atoms with Crippen LogP contribution < -0.4 is 0 Å². The van der Waals surface area contributed by atoms with Gasteiger partial charge in [0.2, 0.25) is 0 Å². The molecule has 1 rings (SSSR count). The molecular weight excluding hydrogens is 160 g/mol. The van der Waals surface area contributed by atoms with Crippen LogP contribution in [0.2, 0.25) is 0 Å². The van der Waals surface area contributed by atoms with Crippen molar-refractivity contribution in [2.24, 2.45) is 5.92 Å². The maximum Gasteiger partial charge on any atom is 0.0620 e. The number of benzene rings is 1. The SMILES string of the molecule is C[C@@H](Cc1ccccc1)C(C)(C)O. The molecule has 1 atom stereocenters. The lowest BCUT2D eigenvalue weighted by Gasteiger charge is -2.25. The summed E-state index contributed by atoms with van der Waals surface area (Å²) >= 11 is 0. The summed E-state index contributed by atoms with van der Waals surface area (Å²) in [5.74, 6) is 0.287. The summed E-state index contributed by atoms with van der Waals surface area (Å²) in [6, 6.07) is 10.3. The molecular formula is C12H18O. The van der Waals surface area contributed by atoms with Gasteiger partial charge in [-0.2, -0.15) is 0 Å². The molecule has 13 heavy (non-hydrogen) atoms. The molecule has 0 saturated carbocycles. The van der Waals surface area contributed by atoms with Gasteiger partial charge in [0.15, 0.2) is 0 Å². The fraction of sp³-hybridized carbons (Fsp3) is 0.500. The number of rotatable bonds is 3. The van der Waals surface area contributed by atoms with E-state index in [-0.39, 0.29) is 5.92 Å². The van der Waals surface area contributed by atoms with E-state index in [1.54, 1.807) is 0 Å². The summed E-state index contributed by atoms with van der Waals surface area (Å²) in [4.78, 5) is 0. The third-order valence-corrected chi connectivity index (χ3v) is 2.59. The number of hydrogen-bond acceptors (Lipinski definition) is 1. The van der Waals surface area contributed by atoms with E-state index in [0.29, 0.717) is 0 Å². The molecule has 0 unspecified atom stereocenters. The van der Waals surface area contributed by atoms with Crippen LogP contribution in [0.5, 0.6) is 0 Å². The zero-order valence-corrected chi connectivity index (χ0v) is 8.62. The van der Waals surface area contributed by atoms with Crippen molar-refractivity contribution in [1.29, 1.82) is 0 Å². The molecule has 0 fully saturated rings. The highest BCUT2D eigenvalue weighted by Gasteiger charge is 2.21. The van der Waals surface area contributed by atoms with Gasteiger partial charge in [-0.25, -0.2) is 0 Å². The average Bonchev–Trinajstić information content (AvgIpc) is 2.04. The maximum atomic E-state index is 9.75. The zero-order chi connectivity index (χ0) is 9.90. The molecule has 0 aromatic heterocycles. The third kappa shape index (κ3) is 3.19. The smallest absolute Gasteiger partial charge is 0.0620 e. The lowest BCUT2D eigenvalue weighted by atomic mass is 9.87. The topological polar surface area (TPSA) is 20.2 Å². The van der Waals surface area contributed by atoms with Crippen LogP contribution in [0.3, 0.4) is 0 Å². The summed E-state index contributed by atoms with van der Waals surface area (Å²) in [6.45, 7) is 5.80. The lowest BCUT2D eigenvalue weighted by molar-refractivity contribution is 0.0251. The molecule has 0 aliphatic carbocycles. The van der Waals surface area contributed by atoms with Gasteiger partial charge in [0, 0.05) is 0 Å². The molecule has 0 radical (unpaired) electrons. The molecule has 0 bridgehead atoms. The van der Waals surface area contributed by atoms with Gasteiger partial charge >= 0.3 is 0 Å². The molecule has 1 N–H and O–H groups in total. The van der Waals surface area contributed by atoms with Crippen molar-refractivity contribution in [3.8, 4) is 0 Å². The summed E-state index contributed by atoms with van der Waals surface area (Å²) in [6.07, 6.45) is 0.935. The first kappa shape index (κ1) is 10.3. The molecule has 1 nitrogen and oxygen atoms in total. The van der Waals surface area contributed by atoms with Gasteiger partial charge in [0.1, 0.15) is 0 Å². The Kier molecular flexibility index (Phi) is 3.10. The van der Waals surface area contributed by atoms with E-state index in [0.717, 1.165) is 6.42 Å². The molecule has 0 aliphatic heterocycles. The van der Waals surface area contributed by atoms with Crippen molar-refractivity contribution in [3.63, 3.8) is 0 Å². The van der Waals surface area contributed by atoms with Crippen LogP contribution >= 0.6 is 0 Å². The van der Waals surface area contributed by atoms with Gasteiger partial charge < -0.3 is 5.11 Å². The molecule has 1 aromatic carbocycles. The first-order valence-electron chi connectivity index (χ1n) is 4.76. The fourth-order valence-electron chi connectivity index (χ4n) is 1.22. The fourth-order valence-corrected chi connectivity index (χ4v) is 1.22. The Balaban J connectivity index is 2.61. The quantitative estimate of drug-likeness (QED) is 0.754. The van der Waals surface area contributed by atoms with Crippen LogP contribution in [0.15, 0.2) is 30.3 Å². The van der Waals surface area contributed by atoms with E-state index in [2.05, 4.69) is 19.1 Å². The largest absolute Gasteiger partial charge is 0.390 e. The molecule has 1 aromatic rings. The highest BCUT2D eigenvalue weighted by Crippen LogP contribution is 2.20. The first-order chi connectivity index (χ1) is 6.00. The second-order valence-electron chi connectivity index (χ2n) is 4.24. The van der Waals surface area contributed by atoms with E-state index < -0.39 is 5.60 Å². The summed E-state index contributed by atoms with van der Waals surface area (Å²) in [5.41, 5.74) is 0.702. The first-order valence-corrected chi connectivity index (χ1v) is 4.76. The van der Waals surface area contributed by atoms with Crippen LogP contribution in [0.1, 0.15) is 26.3 Å². The van der Waals surface area contributed by atoms with E-state index >= 15 is 0 Å². The van der Waals surface area contributed by atoms with Gasteiger partial charge in [-0.3, -0.25) is 0 Å². The Morgan fingerprint density at radius 1 is 1.23 bits per heavy atom. The molecule has 0 aliphatic rings. The Labute approximate surface area is 80.4 Å². The molecule has 0 saturated heterocycles. The number of aliphatic hydroxyl groups is 1. The predicted octanol–water partition coefficient (Wildman–Crippen LogP) is 2.64. The highest BCUT2D eigenvalue weighted by atomic mass is 16.3. The monoisotopic (exact) mass is 178 g/mol. The highest BCUT2D eigenvalue weighted by molar-refractivity contribution is 5.15. The second-order valence-corrected chi connectivity index (χ2v) is 4.24. The van der Waals surface area contributed by atoms with E-state index in [9.17, 15) is 5.11 Å². The van der Waals surface area contributed by atoms with E-state index in [1.165, 1.54) is 5.56 Å². The molecule has 0 spiro atoms. The van der Waals surface area contributed by atoms with Crippen molar-refractivity contribution in [1.82, 2.24) is 0 Å². The van der Waals surface area contributed by atoms with Crippen LogP contribution in [0.25, 0.3) is 0 Å². The molecule has 0 amide bonds. The Hall–Kier alpha value is -0.820. The Morgan fingerprint density at radius 3 is 2.23 bits per heavy atom. The lowest BCUT2D eigenvalue weighted by Crippen LogP contribution is -2.29. The minimum atomic E-state index is -0.587. The maximum absolute atomic E-state index is 9.75. The second kappa shape index (κ2) is 3.93. The van der Waals surface area contributed by atoms with Crippen LogP contribution in [0, 0.1) is 5.92 Å². The van der Waals surface area contributed by atoms with Crippen molar-refractivity contribution in [2.45, 2.75) is 32.8 Å². The Morgan fingerprint density at radius 2 is 1.77 bits per heavy atom. The van der Waals surface area contributed by atoms with Gasteiger partial charge in [-0.05, 0) is 31.7 Å². The summed E-state index contributed by atoms with van der Waals surface area (Å²) < 4.78 is 0. The van der Waals surface area contributed by atoms with Crippen molar-refractivity contribution in [2.75, 3.05) is 0 Å². The van der Waals surface area contributed by atoms with Gasteiger partial charge in [0.25, 0.3) is 0 Å².